The number of nitro benzene ring substituents is 1. The van der Waals surface area contributed by atoms with Crippen LogP contribution in [0, 0.1) is 10.1 Å². The van der Waals surface area contributed by atoms with E-state index >= 15 is 0 Å². The molecule has 0 fully saturated rings. The van der Waals surface area contributed by atoms with Gasteiger partial charge >= 0.3 is 0 Å². The van der Waals surface area contributed by atoms with Crippen molar-refractivity contribution in [2.24, 2.45) is 0 Å². The highest BCUT2D eigenvalue weighted by atomic mass is 35.5. The molecule has 0 amide bonds. The summed E-state index contributed by atoms with van der Waals surface area (Å²) in [6.07, 6.45) is 1.31. The van der Waals surface area contributed by atoms with Gasteiger partial charge in [0, 0.05) is 24.3 Å². The number of methoxy groups -OCH3 is 1. The third-order valence-electron chi connectivity index (χ3n) is 3.10. The molecular weight excluding hydrogens is 389 g/mol. The average molecular weight is 402 g/mol. The Morgan fingerprint density at radius 1 is 1.28 bits per heavy atom. The molecule has 2 aromatic carbocycles. The predicted octanol–water partition coefficient (Wildman–Crippen LogP) is 4.96. The Morgan fingerprint density at radius 2 is 2.00 bits per heavy atom. The highest BCUT2D eigenvalue weighted by molar-refractivity contribution is 7.85. The normalized spacial score (nSPS) is 13.1. The van der Waals surface area contributed by atoms with E-state index in [-0.39, 0.29) is 21.4 Å². The molecular formula is C16H13Cl2NO5S. The quantitative estimate of drug-likeness (QED) is 0.372. The molecule has 6 nitrogen and oxygen atoms in total. The molecule has 25 heavy (non-hydrogen) atoms. The Labute approximate surface area is 156 Å². The third kappa shape index (κ3) is 4.58. The number of hydrogen-bond donors (Lipinski definition) is 0. The van der Waals surface area contributed by atoms with E-state index in [1.54, 1.807) is 12.1 Å². The van der Waals surface area contributed by atoms with E-state index in [9.17, 15) is 14.3 Å². The van der Waals surface area contributed by atoms with Gasteiger partial charge in [-0.2, -0.15) is 0 Å². The summed E-state index contributed by atoms with van der Waals surface area (Å²) in [5.74, 6) is 0.542. The van der Waals surface area contributed by atoms with Crippen LogP contribution in [0.15, 0.2) is 53.9 Å². The van der Waals surface area contributed by atoms with Gasteiger partial charge in [-0.1, -0.05) is 35.9 Å². The summed E-state index contributed by atoms with van der Waals surface area (Å²) >= 11 is 11.9. The number of benzene rings is 2. The standard InChI is InChI=1S/C16H13Cl2NO5S/c1-3-16(23-2)25(22)15-9-11(5-6-13(15)19(20)21)24-14-7-4-10(17)8-12(14)18/h3-9,16H,1H2,2H3. The molecule has 2 unspecified atom stereocenters. The van der Waals surface area contributed by atoms with E-state index in [1.165, 1.54) is 37.5 Å². The van der Waals surface area contributed by atoms with E-state index in [1.807, 2.05) is 0 Å². The first-order chi connectivity index (χ1) is 11.9. The first-order valence-electron chi connectivity index (χ1n) is 6.84. The van der Waals surface area contributed by atoms with Crippen LogP contribution in [0.5, 0.6) is 11.5 Å². The molecule has 2 aromatic rings. The minimum atomic E-state index is -1.85. The zero-order valence-electron chi connectivity index (χ0n) is 13.0. The van der Waals surface area contributed by atoms with E-state index in [0.29, 0.717) is 10.8 Å². The molecule has 0 heterocycles. The summed E-state index contributed by atoms with van der Waals surface area (Å²) < 4.78 is 23.2. The number of rotatable bonds is 7. The van der Waals surface area contributed by atoms with Crippen LogP contribution in [0.1, 0.15) is 0 Å². The van der Waals surface area contributed by atoms with Crippen molar-refractivity contribution in [3.8, 4) is 11.5 Å². The molecule has 0 bridgehead atoms. The first-order valence-corrected chi connectivity index (χ1v) is 8.81. The molecule has 0 aliphatic carbocycles. The predicted molar refractivity (Wildman–Crippen MR) is 97.0 cm³/mol. The van der Waals surface area contributed by atoms with Crippen LogP contribution in [0.2, 0.25) is 10.0 Å². The van der Waals surface area contributed by atoms with Crippen molar-refractivity contribution < 1.29 is 18.6 Å². The zero-order valence-corrected chi connectivity index (χ0v) is 15.3. The summed E-state index contributed by atoms with van der Waals surface area (Å²) in [5.41, 5.74) is -1.20. The van der Waals surface area contributed by atoms with Crippen molar-refractivity contribution in [2.45, 2.75) is 10.3 Å². The van der Waals surface area contributed by atoms with E-state index in [2.05, 4.69) is 6.58 Å². The largest absolute Gasteiger partial charge is 0.456 e. The van der Waals surface area contributed by atoms with Crippen LogP contribution < -0.4 is 4.74 Å². The van der Waals surface area contributed by atoms with Gasteiger partial charge < -0.3 is 9.47 Å². The number of ether oxygens (including phenoxy) is 2. The SMILES string of the molecule is C=CC(OC)S(=O)c1cc(Oc2ccc(Cl)cc2Cl)ccc1[N+](=O)[O-]. The monoisotopic (exact) mass is 401 g/mol. The Bertz CT molecular complexity index is 843. The van der Waals surface area contributed by atoms with E-state index < -0.39 is 21.2 Å². The smallest absolute Gasteiger partial charge is 0.285 e. The number of nitrogens with zero attached hydrogens (tertiary/aromatic N) is 1. The molecule has 2 rings (SSSR count). The second-order valence-corrected chi connectivity index (χ2v) is 7.04. The number of halogens is 2. The highest BCUT2D eigenvalue weighted by Crippen LogP contribution is 2.35. The maximum Gasteiger partial charge on any atom is 0.285 e. The molecule has 0 saturated heterocycles. The molecule has 0 aliphatic heterocycles. The Balaban J connectivity index is 2.44. The summed E-state index contributed by atoms with van der Waals surface area (Å²) in [7, 11) is -0.509. The molecule has 0 N–H and O–H groups in total. The van der Waals surface area contributed by atoms with Gasteiger partial charge in [0.15, 0.2) is 5.44 Å². The van der Waals surface area contributed by atoms with Crippen LogP contribution in [-0.2, 0) is 15.5 Å². The van der Waals surface area contributed by atoms with Gasteiger partial charge in [-0.3, -0.25) is 14.3 Å². The van der Waals surface area contributed by atoms with Crippen molar-refractivity contribution in [3.63, 3.8) is 0 Å². The fourth-order valence-corrected chi connectivity index (χ4v) is 3.58. The summed E-state index contributed by atoms with van der Waals surface area (Å²) in [4.78, 5) is 10.5. The van der Waals surface area contributed by atoms with Crippen LogP contribution in [0.25, 0.3) is 0 Å². The van der Waals surface area contributed by atoms with Gasteiger partial charge in [0.2, 0.25) is 0 Å². The highest BCUT2D eigenvalue weighted by Gasteiger charge is 2.25. The maximum absolute atomic E-state index is 12.6. The Morgan fingerprint density at radius 3 is 2.56 bits per heavy atom. The lowest BCUT2D eigenvalue weighted by atomic mass is 10.3. The van der Waals surface area contributed by atoms with Gasteiger partial charge in [-0.05, 0) is 24.3 Å². The molecule has 9 heteroatoms. The summed E-state index contributed by atoms with van der Waals surface area (Å²) in [5, 5.41) is 11.9. The molecule has 132 valence electrons. The van der Waals surface area contributed by atoms with Gasteiger partial charge in [-0.15, -0.1) is 0 Å². The fourth-order valence-electron chi connectivity index (χ4n) is 1.95. The Kier molecular flexibility index (Phi) is 6.55. The second kappa shape index (κ2) is 8.44. The summed E-state index contributed by atoms with van der Waals surface area (Å²) in [6, 6.07) is 8.56. The molecule has 0 radical (unpaired) electrons. The topological polar surface area (TPSA) is 78.7 Å². The van der Waals surface area contributed by atoms with Crippen molar-refractivity contribution in [1.82, 2.24) is 0 Å². The molecule has 0 aromatic heterocycles. The van der Waals surface area contributed by atoms with Gasteiger partial charge in [0.05, 0.1) is 20.7 Å². The van der Waals surface area contributed by atoms with Crippen molar-refractivity contribution in [3.05, 3.63) is 69.2 Å². The molecule has 2 atom stereocenters. The fraction of sp³-hybridized carbons (Fsp3) is 0.125. The first kappa shape index (κ1) is 19.4. The second-order valence-electron chi connectivity index (χ2n) is 4.70. The third-order valence-corrected chi connectivity index (χ3v) is 5.20. The minimum Gasteiger partial charge on any atom is -0.456 e. The average Bonchev–Trinajstić information content (AvgIpc) is 2.58. The molecule has 0 aliphatic rings. The maximum atomic E-state index is 12.6. The van der Waals surface area contributed by atoms with Crippen LogP contribution in [-0.4, -0.2) is 21.7 Å². The lowest BCUT2D eigenvalue weighted by Gasteiger charge is -2.13. The van der Waals surface area contributed by atoms with Crippen LogP contribution in [0.4, 0.5) is 5.69 Å². The van der Waals surface area contributed by atoms with Gasteiger partial charge in [0.25, 0.3) is 5.69 Å². The molecule has 0 spiro atoms. The van der Waals surface area contributed by atoms with Crippen LogP contribution >= 0.6 is 23.2 Å². The van der Waals surface area contributed by atoms with Crippen molar-refractivity contribution >= 4 is 39.7 Å². The summed E-state index contributed by atoms with van der Waals surface area (Å²) in [6.45, 7) is 3.51. The van der Waals surface area contributed by atoms with E-state index in [4.69, 9.17) is 32.7 Å². The van der Waals surface area contributed by atoms with E-state index in [0.717, 1.165) is 0 Å². The van der Waals surface area contributed by atoms with Gasteiger partial charge in [0.1, 0.15) is 16.4 Å². The molecule has 0 saturated carbocycles. The van der Waals surface area contributed by atoms with Gasteiger partial charge in [-0.25, -0.2) is 0 Å². The van der Waals surface area contributed by atoms with Crippen LogP contribution in [0.3, 0.4) is 0 Å². The number of nitro groups is 1. The minimum absolute atomic E-state index is 0.0423. The lowest BCUT2D eigenvalue weighted by molar-refractivity contribution is -0.387. The van der Waals surface area contributed by atoms with Crippen molar-refractivity contribution in [1.29, 1.82) is 0 Å². The zero-order chi connectivity index (χ0) is 18.6. The Hall–Kier alpha value is -1.93. The van der Waals surface area contributed by atoms with Crippen molar-refractivity contribution in [2.75, 3.05) is 7.11 Å². The lowest BCUT2D eigenvalue weighted by Crippen LogP contribution is -2.15. The number of hydrogen-bond acceptors (Lipinski definition) is 5.